The number of aliphatic hydroxyl groups is 1. The number of aliphatic hydroxyl groups excluding tert-OH is 1. The fourth-order valence-corrected chi connectivity index (χ4v) is 0.418. The molecule has 1 atom stereocenters. The Morgan fingerprint density at radius 3 is 2.14 bits per heavy atom. The van der Waals surface area contributed by atoms with E-state index in [0.717, 1.165) is 12.8 Å². The van der Waals surface area contributed by atoms with Crippen molar-refractivity contribution >= 4 is 37.7 Å². The molecule has 0 spiro atoms. The Morgan fingerprint density at radius 2 is 2.14 bits per heavy atom. The van der Waals surface area contributed by atoms with Gasteiger partial charge in [-0.1, -0.05) is 13.3 Å². The summed E-state index contributed by atoms with van der Waals surface area (Å²) < 4.78 is 0. The summed E-state index contributed by atoms with van der Waals surface area (Å²) in [5, 5.41) is 8.55. The van der Waals surface area contributed by atoms with E-state index in [1.54, 1.807) is 0 Å². The Kier molecular flexibility index (Phi) is 11.4. The average molecular weight is 130 g/mol. The zero-order valence-electron chi connectivity index (χ0n) is 7.15. The molecule has 0 amide bonds. The van der Waals surface area contributed by atoms with Crippen LogP contribution in [-0.4, -0.2) is 48.9 Å². The quantitative estimate of drug-likeness (QED) is 0.553. The SMILES string of the molecule is CCCC(C)O.[Ca+2].[H-].[H-]. The van der Waals surface area contributed by atoms with Gasteiger partial charge in [0.15, 0.2) is 0 Å². The minimum absolute atomic E-state index is 0. The molecule has 42 valence electrons. The van der Waals surface area contributed by atoms with Crippen molar-refractivity contribution in [3.8, 4) is 0 Å². The van der Waals surface area contributed by atoms with Crippen molar-refractivity contribution in [2.24, 2.45) is 0 Å². The molecule has 1 unspecified atom stereocenters. The van der Waals surface area contributed by atoms with Gasteiger partial charge in [-0.3, -0.25) is 0 Å². The minimum Gasteiger partial charge on any atom is -1.00 e. The average Bonchev–Trinajstić information content (AvgIpc) is 1.35. The van der Waals surface area contributed by atoms with Gasteiger partial charge in [0.05, 0.1) is 6.10 Å². The van der Waals surface area contributed by atoms with E-state index < -0.39 is 0 Å². The summed E-state index contributed by atoms with van der Waals surface area (Å²) in [4.78, 5) is 0. The van der Waals surface area contributed by atoms with Gasteiger partial charge in [-0.15, -0.1) is 0 Å². The van der Waals surface area contributed by atoms with Crippen molar-refractivity contribution in [3.05, 3.63) is 0 Å². The summed E-state index contributed by atoms with van der Waals surface area (Å²) in [5.74, 6) is 0. The van der Waals surface area contributed by atoms with E-state index in [9.17, 15) is 0 Å². The monoisotopic (exact) mass is 130 g/mol. The Hall–Kier alpha value is 1.22. The zero-order valence-corrected chi connectivity index (χ0v) is 7.35. The standard InChI is InChI=1S/C5H12O.Ca.2H/c1-3-4-5(2)6;;;/h5-6H,3-4H2,1-2H3;;;/q;+2;2*-1. The molecule has 0 aromatic heterocycles. The normalized spacial score (nSPS) is 12.4. The molecule has 0 bridgehead atoms. The van der Waals surface area contributed by atoms with Crippen molar-refractivity contribution in [2.75, 3.05) is 0 Å². The smallest absolute Gasteiger partial charge is 1.00 e. The predicted molar refractivity (Wildman–Crippen MR) is 34.6 cm³/mol. The van der Waals surface area contributed by atoms with Crippen LogP contribution in [0.2, 0.25) is 0 Å². The molecule has 0 saturated heterocycles. The van der Waals surface area contributed by atoms with E-state index in [0.29, 0.717) is 0 Å². The number of hydrogen-bond donors (Lipinski definition) is 1. The van der Waals surface area contributed by atoms with Gasteiger partial charge in [0.1, 0.15) is 0 Å². The Bertz CT molecular complexity index is 36.1. The Morgan fingerprint density at radius 1 is 1.71 bits per heavy atom. The Labute approximate surface area is 78.1 Å². The second-order valence-corrected chi connectivity index (χ2v) is 1.64. The van der Waals surface area contributed by atoms with Crippen molar-refractivity contribution in [3.63, 3.8) is 0 Å². The van der Waals surface area contributed by atoms with Crippen molar-refractivity contribution in [1.82, 2.24) is 0 Å². The maximum atomic E-state index is 8.55. The maximum Gasteiger partial charge on any atom is 2.00 e. The molecule has 0 aromatic rings. The van der Waals surface area contributed by atoms with Crippen LogP contribution in [0.4, 0.5) is 0 Å². The second kappa shape index (κ2) is 7.22. The fourth-order valence-electron chi connectivity index (χ4n) is 0.418. The molecule has 0 aliphatic heterocycles. The first-order chi connectivity index (χ1) is 2.77. The summed E-state index contributed by atoms with van der Waals surface area (Å²) in [6.45, 7) is 3.87. The molecule has 2 heteroatoms. The van der Waals surface area contributed by atoms with Gasteiger partial charge in [0.2, 0.25) is 0 Å². The van der Waals surface area contributed by atoms with E-state index >= 15 is 0 Å². The van der Waals surface area contributed by atoms with E-state index in [2.05, 4.69) is 6.92 Å². The Balaban J connectivity index is -0.0000000417. The first-order valence-corrected chi connectivity index (χ1v) is 2.45. The third-order valence-electron chi connectivity index (χ3n) is 0.706. The van der Waals surface area contributed by atoms with Crippen LogP contribution in [-0.2, 0) is 0 Å². The maximum absolute atomic E-state index is 8.55. The molecular formula is C5H14CaO. The van der Waals surface area contributed by atoms with Gasteiger partial charge >= 0.3 is 37.7 Å². The third-order valence-corrected chi connectivity index (χ3v) is 0.706. The summed E-state index contributed by atoms with van der Waals surface area (Å²) in [5.41, 5.74) is 0. The van der Waals surface area contributed by atoms with E-state index in [1.165, 1.54) is 0 Å². The number of rotatable bonds is 2. The van der Waals surface area contributed by atoms with Gasteiger partial charge in [0.25, 0.3) is 0 Å². The molecule has 0 saturated carbocycles. The fraction of sp³-hybridized carbons (Fsp3) is 1.00. The summed E-state index contributed by atoms with van der Waals surface area (Å²) in [6.07, 6.45) is 1.91. The largest absolute Gasteiger partial charge is 2.00 e. The second-order valence-electron chi connectivity index (χ2n) is 1.64. The van der Waals surface area contributed by atoms with Crippen LogP contribution in [0, 0.1) is 0 Å². The first kappa shape index (κ1) is 11.1. The first-order valence-electron chi connectivity index (χ1n) is 2.45. The summed E-state index contributed by atoms with van der Waals surface area (Å²) in [6, 6.07) is 0. The van der Waals surface area contributed by atoms with Crippen molar-refractivity contribution < 1.29 is 7.96 Å². The van der Waals surface area contributed by atoms with Gasteiger partial charge in [-0.25, -0.2) is 0 Å². The van der Waals surface area contributed by atoms with E-state index in [1.807, 2.05) is 6.92 Å². The molecular weight excluding hydrogens is 116 g/mol. The molecule has 0 aromatic carbocycles. The van der Waals surface area contributed by atoms with Gasteiger partial charge in [-0.05, 0) is 13.3 Å². The third kappa shape index (κ3) is 11.0. The molecule has 0 rings (SSSR count). The zero-order chi connectivity index (χ0) is 4.99. The van der Waals surface area contributed by atoms with Crippen LogP contribution in [0.3, 0.4) is 0 Å². The van der Waals surface area contributed by atoms with E-state index in [-0.39, 0.29) is 46.7 Å². The van der Waals surface area contributed by atoms with Crippen LogP contribution in [0.15, 0.2) is 0 Å². The van der Waals surface area contributed by atoms with Gasteiger partial charge in [-0.2, -0.15) is 0 Å². The molecule has 1 N–H and O–H groups in total. The molecule has 0 heterocycles. The minimum atomic E-state index is -0.102. The summed E-state index contributed by atoms with van der Waals surface area (Å²) >= 11 is 0. The van der Waals surface area contributed by atoms with Crippen LogP contribution in [0.25, 0.3) is 0 Å². The molecule has 7 heavy (non-hydrogen) atoms. The van der Waals surface area contributed by atoms with Crippen LogP contribution in [0.5, 0.6) is 0 Å². The van der Waals surface area contributed by atoms with Crippen LogP contribution < -0.4 is 0 Å². The van der Waals surface area contributed by atoms with E-state index in [4.69, 9.17) is 5.11 Å². The molecule has 1 nitrogen and oxygen atoms in total. The van der Waals surface area contributed by atoms with Crippen LogP contribution in [0.1, 0.15) is 29.5 Å². The molecule has 0 fully saturated rings. The van der Waals surface area contributed by atoms with Crippen molar-refractivity contribution in [1.29, 1.82) is 0 Å². The molecule has 0 radical (unpaired) electrons. The van der Waals surface area contributed by atoms with Gasteiger partial charge < -0.3 is 7.96 Å². The van der Waals surface area contributed by atoms with Crippen molar-refractivity contribution in [2.45, 2.75) is 32.8 Å². The summed E-state index contributed by atoms with van der Waals surface area (Å²) in [7, 11) is 0. The topological polar surface area (TPSA) is 20.2 Å². The predicted octanol–water partition coefficient (Wildman–Crippen LogP) is 1.01. The van der Waals surface area contributed by atoms with Gasteiger partial charge in [0, 0.05) is 0 Å². The number of hydrogen-bond acceptors (Lipinski definition) is 1. The molecule has 0 aliphatic rings. The molecule has 0 aliphatic carbocycles. The van der Waals surface area contributed by atoms with Crippen LogP contribution >= 0.6 is 0 Å².